The highest BCUT2D eigenvalue weighted by atomic mass is 35.5. The number of hydrogen-bond donors (Lipinski definition) is 1. The summed E-state index contributed by atoms with van der Waals surface area (Å²) in [6.45, 7) is 0. The number of benzene rings is 2. The molecule has 1 aromatic heterocycles. The van der Waals surface area contributed by atoms with Gasteiger partial charge in [0.2, 0.25) is 0 Å². The van der Waals surface area contributed by atoms with Crippen molar-refractivity contribution in [3.05, 3.63) is 65.4 Å². The lowest BCUT2D eigenvalue weighted by Crippen LogP contribution is -1.89. The van der Waals surface area contributed by atoms with Gasteiger partial charge in [0.1, 0.15) is 0 Å². The standard InChI is InChI=1S/C16H13ClN2S/c17-12-3-1-11(2-4-12)10-20-16-6-5-15(18)13-7-8-19-9-14(13)16/h1-9H,10,18H2. The minimum absolute atomic E-state index is 0.765. The van der Waals surface area contributed by atoms with Gasteiger partial charge in [0.15, 0.2) is 0 Å². The lowest BCUT2D eigenvalue weighted by molar-refractivity contribution is 1.34. The van der Waals surface area contributed by atoms with E-state index in [2.05, 4.69) is 11.1 Å². The minimum Gasteiger partial charge on any atom is -0.398 e. The summed E-state index contributed by atoms with van der Waals surface area (Å²) in [6, 6.07) is 13.9. The van der Waals surface area contributed by atoms with E-state index < -0.39 is 0 Å². The second-order valence-electron chi connectivity index (χ2n) is 4.49. The van der Waals surface area contributed by atoms with Gasteiger partial charge in [-0.1, -0.05) is 23.7 Å². The number of fused-ring (bicyclic) bond motifs is 1. The monoisotopic (exact) mass is 300 g/mol. The van der Waals surface area contributed by atoms with Gasteiger partial charge in [-0.2, -0.15) is 0 Å². The predicted molar refractivity (Wildman–Crippen MR) is 87.2 cm³/mol. The molecule has 0 aliphatic carbocycles. The Morgan fingerprint density at radius 3 is 2.60 bits per heavy atom. The number of pyridine rings is 1. The Labute approximate surface area is 127 Å². The highest BCUT2D eigenvalue weighted by Gasteiger charge is 2.05. The van der Waals surface area contributed by atoms with E-state index in [1.165, 1.54) is 10.5 Å². The van der Waals surface area contributed by atoms with Crippen LogP contribution in [0.25, 0.3) is 10.8 Å². The highest BCUT2D eigenvalue weighted by molar-refractivity contribution is 7.98. The van der Waals surface area contributed by atoms with Crippen molar-refractivity contribution in [2.75, 3.05) is 5.73 Å². The average Bonchev–Trinajstić information content (AvgIpc) is 2.49. The third-order valence-corrected chi connectivity index (χ3v) is 4.52. The molecule has 0 fully saturated rings. The van der Waals surface area contributed by atoms with Crippen LogP contribution in [0.4, 0.5) is 5.69 Å². The van der Waals surface area contributed by atoms with Gasteiger partial charge < -0.3 is 5.73 Å². The molecule has 0 unspecified atom stereocenters. The third-order valence-electron chi connectivity index (χ3n) is 3.12. The first-order chi connectivity index (χ1) is 9.74. The van der Waals surface area contributed by atoms with Crippen molar-refractivity contribution in [2.24, 2.45) is 0 Å². The summed E-state index contributed by atoms with van der Waals surface area (Å²) in [7, 11) is 0. The molecule has 100 valence electrons. The smallest absolute Gasteiger partial charge is 0.0406 e. The fraction of sp³-hybridized carbons (Fsp3) is 0.0625. The molecule has 0 radical (unpaired) electrons. The maximum atomic E-state index is 6.00. The van der Waals surface area contributed by atoms with Crippen molar-refractivity contribution in [2.45, 2.75) is 10.6 Å². The van der Waals surface area contributed by atoms with Crippen LogP contribution in [0.15, 0.2) is 59.8 Å². The second kappa shape index (κ2) is 5.73. The Morgan fingerprint density at radius 2 is 1.80 bits per heavy atom. The number of nitrogens with zero attached hydrogens (tertiary/aromatic N) is 1. The molecule has 0 spiro atoms. The van der Waals surface area contributed by atoms with Crippen molar-refractivity contribution in [1.29, 1.82) is 0 Å². The van der Waals surface area contributed by atoms with Gasteiger partial charge in [0.25, 0.3) is 0 Å². The number of thioether (sulfide) groups is 1. The van der Waals surface area contributed by atoms with Crippen LogP contribution in [-0.4, -0.2) is 4.98 Å². The Bertz CT molecular complexity index is 741. The summed E-state index contributed by atoms with van der Waals surface area (Å²) in [5, 5.41) is 2.92. The Hall–Kier alpha value is -1.71. The molecule has 2 aromatic carbocycles. The minimum atomic E-state index is 0.765. The van der Waals surface area contributed by atoms with E-state index in [-0.39, 0.29) is 0 Å². The van der Waals surface area contributed by atoms with Crippen molar-refractivity contribution in [3.8, 4) is 0 Å². The van der Waals surface area contributed by atoms with Gasteiger partial charge >= 0.3 is 0 Å². The molecule has 0 atom stereocenters. The van der Waals surface area contributed by atoms with E-state index in [0.29, 0.717) is 0 Å². The summed E-state index contributed by atoms with van der Waals surface area (Å²) in [5.41, 5.74) is 8.03. The molecular weight excluding hydrogens is 288 g/mol. The number of nitrogen functional groups attached to an aromatic ring is 1. The zero-order valence-electron chi connectivity index (χ0n) is 10.7. The topological polar surface area (TPSA) is 38.9 Å². The molecule has 1 heterocycles. The van der Waals surface area contributed by atoms with Crippen LogP contribution in [0.5, 0.6) is 0 Å². The molecule has 3 rings (SSSR count). The van der Waals surface area contributed by atoms with Gasteiger partial charge in [-0.05, 0) is 35.9 Å². The zero-order chi connectivity index (χ0) is 13.9. The molecular formula is C16H13ClN2S. The molecule has 0 aliphatic heterocycles. The normalized spacial score (nSPS) is 10.8. The van der Waals surface area contributed by atoms with E-state index in [9.17, 15) is 0 Å². The lowest BCUT2D eigenvalue weighted by atomic mass is 10.1. The molecule has 0 bridgehead atoms. The number of anilines is 1. The fourth-order valence-electron chi connectivity index (χ4n) is 2.06. The number of nitrogens with two attached hydrogens (primary N) is 1. The summed E-state index contributed by atoms with van der Waals surface area (Å²) in [4.78, 5) is 5.39. The van der Waals surface area contributed by atoms with Crippen LogP contribution in [0.1, 0.15) is 5.56 Å². The Morgan fingerprint density at radius 1 is 1.00 bits per heavy atom. The first kappa shape index (κ1) is 13.3. The average molecular weight is 301 g/mol. The Kier molecular flexibility index (Phi) is 3.81. The van der Waals surface area contributed by atoms with Crippen LogP contribution < -0.4 is 5.73 Å². The number of halogens is 1. The number of rotatable bonds is 3. The van der Waals surface area contributed by atoms with Gasteiger partial charge in [-0.15, -0.1) is 11.8 Å². The molecule has 0 aliphatic rings. The molecule has 0 amide bonds. The predicted octanol–water partition coefficient (Wildman–Crippen LogP) is 4.76. The van der Waals surface area contributed by atoms with Crippen LogP contribution in [0.3, 0.4) is 0 Å². The molecule has 0 saturated heterocycles. The summed E-state index contributed by atoms with van der Waals surface area (Å²) in [6.07, 6.45) is 3.64. The molecule has 3 aromatic rings. The van der Waals surface area contributed by atoms with Crippen LogP contribution in [0.2, 0.25) is 5.02 Å². The number of hydrogen-bond acceptors (Lipinski definition) is 3. The zero-order valence-corrected chi connectivity index (χ0v) is 12.3. The van der Waals surface area contributed by atoms with Crippen molar-refractivity contribution in [1.82, 2.24) is 4.98 Å². The highest BCUT2D eigenvalue weighted by Crippen LogP contribution is 2.32. The van der Waals surface area contributed by atoms with Crippen LogP contribution >= 0.6 is 23.4 Å². The van der Waals surface area contributed by atoms with E-state index in [4.69, 9.17) is 17.3 Å². The second-order valence-corrected chi connectivity index (χ2v) is 5.94. The maximum absolute atomic E-state index is 6.00. The number of aromatic nitrogens is 1. The van der Waals surface area contributed by atoms with E-state index in [0.717, 1.165) is 27.2 Å². The maximum Gasteiger partial charge on any atom is 0.0406 e. The van der Waals surface area contributed by atoms with Crippen molar-refractivity contribution in [3.63, 3.8) is 0 Å². The summed E-state index contributed by atoms with van der Waals surface area (Å²) >= 11 is 7.67. The first-order valence-corrected chi connectivity index (χ1v) is 7.60. The van der Waals surface area contributed by atoms with E-state index >= 15 is 0 Å². The van der Waals surface area contributed by atoms with Crippen LogP contribution in [-0.2, 0) is 5.75 Å². The molecule has 0 saturated carbocycles. The van der Waals surface area contributed by atoms with Crippen molar-refractivity contribution >= 4 is 39.8 Å². The molecule has 2 nitrogen and oxygen atoms in total. The third kappa shape index (κ3) is 2.74. The SMILES string of the molecule is Nc1ccc(SCc2ccc(Cl)cc2)c2cnccc12. The van der Waals surface area contributed by atoms with Gasteiger partial charge in [-0.25, -0.2) is 0 Å². The fourth-order valence-corrected chi connectivity index (χ4v) is 3.18. The quantitative estimate of drug-likeness (QED) is 0.560. The molecule has 4 heteroatoms. The van der Waals surface area contributed by atoms with Gasteiger partial charge in [-0.3, -0.25) is 4.98 Å². The molecule has 2 N–H and O–H groups in total. The largest absolute Gasteiger partial charge is 0.398 e. The summed E-state index contributed by atoms with van der Waals surface area (Å²) < 4.78 is 0. The Balaban J connectivity index is 1.88. The van der Waals surface area contributed by atoms with Gasteiger partial charge in [0, 0.05) is 44.5 Å². The van der Waals surface area contributed by atoms with Gasteiger partial charge in [0.05, 0.1) is 0 Å². The van der Waals surface area contributed by atoms with Crippen LogP contribution in [0, 0.1) is 0 Å². The van der Waals surface area contributed by atoms with E-state index in [1.807, 2.05) is 42.6 Å². The lowest BCUT2D eigenvalue weighted by Gasteiger charge is -2.08. The van der Waals surface area contributed by atoms with E-state index in [1.54, 1.807) is 18.0 Å². The van der Waals surface area contributed by atoms with Crippen molar-refractivity contribution < 1.29 is 0 Å². The summed E-state index contributed by atoms with van der Waals surface area (Å²) in [5.74, 6) is 0.894. The molecule has 20 heavy (non-hydrogen) atoms. The first-order valence-electron chi connectivity index (χ1n) is 6.23.